The molecule has 0 spiro atoms. The van der Waals surface area contributed by atoms with Gasteiger partial charge in [-0.25, -0.2) is 0 Å². The Labute approximate surface area is 179 Å². The molecule has 144 valence electrons. The molecule has 1 aliphatic rings. The molecule has 0 radical (unpaired) electrons. The van der Waals surface area contributed by atoms with E-state index >= 15 is 0 Å². The molecule has 0 saturated carbocycles. The van der Waals surface area contributed by atoms with E-state index in [4.69, 9.17) is 0 Å². The van der Waals surface area contributed by atoms with Crippen molar-refractivity contribution in [3.8, 4) is 0 Å². The maximum absolute atomic E-state index is 4.30. The van der Waals surface area contributed by atoms with E-state index in [2.05, 4.69) is 42.2 Å². The van der Waals surface area contributed by atoms with Gasteiger partial charge in [0, 0.05) is 44.3 Å². The number of aliphatic imine (C=N–C) groups is 1. The van der Waals surface area contributed by atoms with Gasteiger partial charge >= 0.3 is 0 Å². The maximum Gasteiger partial charge on any atom is 0.191 e. The molecule has 0 amide bonds. The lowest BCUT2D eigenvalue weighted by molar-refractivity contribution is 0.260. The molecular formula is C18H24IN7S. The number of rotatable bonds is 5. The summed E-state index contributed by atoms with van der Waals surface area (Å²) in [6.07, 6.45) is 3.14. The van der Waals surface area contributed by atoms with Gasteiger partial charge in [-0.1, -0.05) is 6.07 Å². The lowest BCUT2D eigenvalue weighted by Crippen LogP contribution is -2.42. The minimum atomic E-state index is 0. The predicted molar refractivity (Wildman–Crippen MR) is 120 cm³/mol. The summed E-state index contributed by atoms with van der Waals surface area (Å²) >= 11 is 1.88. The number of pyridine rings is 1. The van der Waals surface area contributed by atoms with E-state index in [1.165, 1.54) is 12.0 Å². The Morgan fingerprint density at radius 2 is 2.19 bits per heavy atom. The summed E-state index contributed by atoms with van der Waals surface area (Å²) in [6, 6.07) is 8.13. The summed E-state index contributed by atoms with van der Waals surface area (Å²) in [4.78, 5) is 8.33. The molecule has 0 aliphatic carbocycles. The zero-order valence-corrected chi connectivity index (χ0v) is 18.4. The molecule has 4 rings (SSSR count). The first kappa shape index (κ1) is 20.0. The van der Waals surface area contributed by atoms with Gasteiger partial charge in [0.25, 0.3) is 0 Å². The second-order valence-corrected chi connectivity index (χ2v) is 7.29. The number of nitrogens with one attached hydrogen (secondary N) is 2. The van der Waals surface area contributed by atoms with Crippen LogP contribution >= 0.6 is 35.3 Å². The summed E-state index contributed by atoms with van der Waals surface area (Å²) in [6.45, 7) is 4.63. The number of fused-ring (bicyclic) bond motifs is 2. The first-order valence-electron chi connectivity index (χ1n) is 8.84. The van der Waals surface area contributed by atoms with Crippen LogP contribution in [-0.4, -0.2) is 52.1 Å². The van der Waals surface area contributed by atoms with Gasteiger partial charge in [-0.3, -0.25) is 14.3 Å². The van der Waals surface area contributed by atoms with Crippen molar-refractivity contribution >= 4 is 46.9 Å². The standard InChI is InChI=1S/C18H23N7S.HI/c1-19-18(21-12-17-23-22-16-4-2-3-8-25(16)17)20-7-10-24-9-5-15-14(13-24)6-11-26-15;/h2-4,6,8,11H,5,7,9-10,12-13H2,1H3,(H2,19,20,21);1H. The molecule has 0 saturated heterocycles. The number of guanidine groups is 1. The van der Waals surface area contributed by atoms with Crippen molar-refractivity contribution in [3.63, 3.8) is 0 Å². The highest BCUT2D eigenvalue weighted by Gasteiger charge is 2.16. The summed E-state index contributed by atoms with van der Waals surface area (Å²) in [5, 5.41) is 17.3. The van der Waals surface area contributed by atoms with Crippen molar-refractivity contribution in [2.45, 2.75) is 19.5 Å². The van der Waals surface area contributed by atoms with Gasteiger partial charge in [0.05, 0.1) is 6.54 Å². The van der Waals surface area contributed by atoms with Crippen molar-refractivity contribution in [2.75, 3.05) is 26.7 Å². The Bertz CT molecular complexity index is 904. The number of thiophene rings is 1. The summed E-state index contributed by atoms with van der Waals surface area (Å²) in [5.74, 6) is 1.65. The zero-order valence-electron chi connectivity index (χ0n) is 15.3. The SMILES string of the molecule is CN=C(NCCN1CCc2sccc2C1)NCc1nnc2ccccn12.I. The van der Waals surface area contributed by atoms with Gasteiger partial charge < -0.3 is 10.6 Å². The number of hydrogen-bond acceptors (Lipinski definition) is 5. The molecule has 0 unspecified atom stereocenters. The van der Waals surface area contributed by atoms with Crippen molar-refractivity contribution in [1.29, 1.82) is 0 Å². The van der Waals surface area contributed by atoms with E-state index in [-0.39, 0.29) is 24.0 Å². The molecule has 3 aromatic heterocycles. The number of aromatic nitrogens is 3. The fourth-order valence-electron chi connectivity index (χ4n) is 3.23. The van der Waals surface area contributed by atoms with Crippen LogP contribution < -0.4 is 10.6 Å². The Morgan fingerprint density at radius 3 is 3.07 bits per heavy atom. The van der Waals surface area contributed by atoms with Crippen LogP contribution in [-0.2, 0) is 19.5 Å². The van der Waals surface area contributed by atoms with Crippen LogP contribution in [0.4, 0.5) is 0 Å². The highest BCUT2D eigenvalue weighted by Crippen LogP contribution is 2.23. The highest BCUT2D eigenvalue weighted by molar-refractivity contribution is 14.0. The molecule has 0 aromatic carbocycles. The van der Waals surface area contributed by atoms with E-state index < -0.39 is 0 Å². The molecule has 7 nitrogen and oxygen atoms in total. The third-order valence-electron chi connectivity index (χ3n) is 4.63. The first-order valence-corrected chi connectivity index (χ1v) is 9.72. The molecule has 27 heavy (non-hydrogen) atoms. The van der Waals surface area contributed by atoms with Crippen molar-refractivity contribution in [2.24, 2.45) is 4.99 Å². The Kier molecular flexibility index (Phi) is 7.02. The molecule has 3 aromatic rings. The van der Waals surface area contributed by atoms with Crippen LogP contribution in [0.15, 0.2) is 40.8 Å². The van der Waals surface area contributed by atoms with Crippen LogP contribution in [0, 0.1) is 0 Å². The maximum atomic E-state index is 4.30. The zero-order chi connectivity index (χ0) is 17.8. The first-order chi connectivity index (χ1) is 12.8. The highest BCUT2D eigenvalue weighted by atomic mass is 127. The fourth-order valence-corrected chi connectivity index (χ4v) is 4.11. The van der Waals surface area contributed by atoms with Crippen molar-refractivity contribution in [1.82, 2.24) is 30.1 Å². The van der Waals surface area contributed by atoms with Gasteiger partial charge in [-0.2, -0.15) is 0 Å². The van der Waals surface area contributed by atoms with Crippen LogP contribution in [0.5, 0.6) is 0 Å². The Hall–Kier alpha value is -1.72. The van der Waals surface area contributed by atoms with E-state index in [0.717, 1.165) is 43.6 Å². The van der Waals surface area contributed by atoms with Crippen molar-refractivity contribution in [3.05, 3.63) is 52.1 Å². The third-order valence-corrected chi connectivity index (χ3v) is 5.65. The van der Waals surface area contributed by atoms with Crippen LogP contribution in [0.25, 0.3) is 5.65 Å². The minimum Gasteiger partial charge on any atom is -0.355 e. The summed E-state index contributed by atoms with van der Waals surface area (Å²) < 4.78 is 1.98. The van der Waals surface area contributed by atoms with Crippen molar-refractivity contribution < 1.29 is 0 Å². The molecular weight excluding hydrogens is 473 g/mol. The summed E-state index contributed by atoms with van der Waals surface area (Å²) in [5.41, 5.74) is 2.34. The fraction of sp³-hybridized carbons (Fsp3) is 0.389. The molecule has 4 heterocycles. The second-order valence-electron chi connectivity index (χ2n) is 6.29. The lowest BCUT2D eigenvalue weighted by atomic mass is 10.1. The molecule has 0 fully saturated rings. The van der Waals surface area contributed by atoms with Gasteiger partial charge in [-0.05, 0) is 35.6 Å². The Balaban J connectivity index is 0.00000210. The number of hydrogen-bond donors (Lipinski definition) is 2. The third kappa shape index (κ3) is 4.77. The smallest absolute Gasteiger partial charge is 0.191 e. The molecule has 0 atom stereocenters. The topological polar surface area (TPSA) is 69.8 Å². The second kappa shape index (κ2) is 9.47. The molecule has 1 aliphatic heterocycles. The van der Waals surface area contributed by atoms with Crippen LogP contribution in [0.3, 0.4) is 0 Å². The van der Waals surface area contributed by atoms with Crippen LogP contribution in [0.1, 0.15) is 16.3 Å². The van der Waals surface area contributed by atoms with Gasteiger partial charge in [0.15, 0.2) is 17.4 Å². The normalized spacial score (nSPS) is 14.6. The molecule has 0 bridgehead atoms. The molecule has 9 heteroatoms. The number of nitrogens with zero attached hydrogens (tertiary/aromatic N) is 5. The minimum absolute atomic E-state index is 0. The Morgan fingerprint density at radius 1 is 1.26 bits per heavy atom. The van der Waals surface area contributed by atoms with E-state index in [0.29, 0.717) is 6.54 Å². The summed E-state index contributed by atoms with van der Waals surface area (Å²) in [7, 11) is 1.79. The number of halogens is 1. The monoisotopic (exact) mass is 497 g/mol. The van der Waals surface area contributed by atoms with Gasteiger partial charge in [0.1, 0.15) is 0 Å². The largest absolute Gasteiger partial charge is 0.355 e. The van der Waals surface area contributed by atoms with Gasteiger partial charge in [0.2, 0.25) is 0 Å². The van der Waals surface area contributed by atoms with E-state index in [1.54, 1.807) is 11.9 Å². The molecule has 2 N–H and O–H groups in total. The van der Waals surface area contributed by atoms with E-state index in [9.17, 15) is 0 Å². The quantitative estimate of drug-likeness (QED) is 0.321. The lowest BCUT2D eigenvalue weighted by Gasteiger charge is -2.27. The average Bonchev–Trinajstić information content (AvgIpc) is 3.31. The predicted octanol–water partition coefficient (Wildman–Crippen LogP) is 2.13. The van der Waals surface area contributed by atoms with E-state index in [1.807, 2.05) is 40.1 Å². The average molecular weight is 497 g/mol. The van der Waals surface area contributed by atoms with Crippen LogP contribution in [0.2, 0.25) is 0 Å². The van der Waals surface area contributed by atoms with Gasteiger partial charge in [-0.15, -0.1) is 45.5 Å².